The third kappa shape index (κ3) is 3.77. The Labute approximate surface area is 141 Å². The standard InChI is InChI=1S/C20H20O4/c1-2-22-18-7-4-3-6-15(18)8-10-17(21)16-9-11-19-20(14-16)24-13-5-12-23-19/h3-4,6-11,14H,2,5,12-13H2,1H3/b10-8+. The van der Waals surface area contributed by atoms with Crippen molar-refractivity contribution in [1.29, 1.82) is 0 Å². The zero-order valence-electron chi connectivity index (χ0n) is 13.7. The van der Waals surface area contributed by atoms with Crippen molar-refractivity contribution in [2.45, 2.75) is 13.3 Å². The summed E-state index contributed by atoms with van der Waals surface area (Å²) in [6.45, 7) is 3.75. The van der Waals surface area contributed by atoms with Crippen molar-refractivity contribution < 1.29 is 19.0 Å². The van der Waals surface area contributed by atoms with Gasteiger partial charge in [0.2, 0.25) is 0 Å². The van der Waals surface area contributed by atoms with E-state index in [4.69, 9.17) is 14.2 Å². The SMILES string of the molecule is CCOc1ccccc1/C=C/C(=O)c1ccc2c(c1)OCCCO2. The number of carbonyl (C=O) groups is 1. The summed E-state index contributed by atoms with van der Waals surface area (Å²) in [6, 6.07) is 12.9. The second-order valence-corrected chi connectivity index (χ2v) is 5.38. The van der Waals surface area contributed by atoms with Crippen molar-refractivity contribution in [2.75, 3.05) is 19.8 Å². The molecule has 2 aromatic rings. The summed E-state index contributed by atoms with van der Waals surface area (Å²) in [5.41, 5.74) is 1.45. The molecule has 0 aromatic heterocycles. The summed E-state index contributed by atoms with van der Waals surface area (Å²) in [7, 11) is 0. The normalized spacial score (nSPS) is 13.5. The third-order valence-corrected chi connectivity index (χ3v) is 3.67. The van der Waals surface area contributed by atoms with Crippen LogP contribution in [0.5, 0.6) is 17.2 Å². The number of fused-ring (bicyclic) bond motifs is 1. The molecule has 24 heavy (non-hydrogen) atoms. The van der Waals surface area contributed by atoms with E-state index in [0.29, 0.717) is 36.9 Å². The Morgan fingerprint density at radius 2 is 1.92 bits per heavy atom. The van der Waals surface area contributed by atoms with Crippen molar-refractivity contribution in [3.8, 4) is 17.2 Å². The molecule has 0 N–H and O–H groups in total. The van der Waals surface area contributed by atoms with Crippen LogP contribution in [0, 0.1) is 0 Å². The molecule has 0 fully saturated rings. The van der Waals surface area contributed by atoms with Gasteiger partial charge in [0, 0.05) is 17.5 Å². The highest BCUT2D eigenvalue weighted by atomic mass is 16.5. The molecule has 1 aliphatic heterocycles. The molecule has 3 rings (SSSR count). The largest absolute Gasteiger partial charge is 0.493 e. The molecule has 1 aliphatic rings. The Hall–Kier alpha value is -2.75. The van der Waals surface area contributed by atoms with Crippen molar-refractivity contribution in [3.05, 3.63) is 59.7 Å². The minimum atomic E-state index is -0.0862. The average molecular weight is 324 g/mol. The Morgan fingerprint density at radius 1 is 1.12 bits per heavy atom. The first kappa shape index (κ1) is 16.1. The molecule has 0 saturated heterocycles. The zero-order chi connectivity index (χ0) is 16.8. The van der Waals surface area contributed by atoms with Gasteiger partial charge in [-0.05, 0) is 43.3 Å². The predicted molar refractivity (Wildman–Crippen MR) is 93.0 cm³/mol. The van der Waals surface area contributed by atoms with Crippen LogP contribution in [0.4, 0.5) is 0 Å². The molecule has 0 amide bonds. The minimum Gasteiger partial charge on any atom is -0.493 e. The van der Waals surface area contributed by atoms with E-state index >= 15 is 0 Å². The topological polar surface area (TPSA) is 44.8 Å². The summed E-state index contributed by atoms with van der Waals surface area (Å²) < 4.78 is 16.8. The van der Waals surface area contributed by atoms with Gasteiger partial charge in [0.1, 0.15) is 5.75 Å². The molecule has 0 atom stereocenters. The Morgan fingerprint density at radius 3 is 2.75 bits per heavy atom. The second-order valence-electron chi connectivity index (χ2n) is 5.38. The first-order valence-corrected chi connectivity index (χ1v) is 8.12. The lowest BCUT2D eigenvalue weighted by molar-refractivity contribution is 0.104. The Bertz CT molecular complexity index is 749. The van der Waals surface area contributed by atoms with Gasteiger partial charge in [-0.1, -0.05) is 18.2 Å². The number of para-hydroxylation sites is 1. The molecule has 4 heteroatoms. The highest BCUT2D eigenvalue weighted by Crippen LogP contribution is 2.30. The number of ether oxygens (including phenoxy) is 3. The first-order chi connectivity index (χ1) is 11.8. The van der Waals surface area contributed by atoms with Gasteiger partial charge in [0.05, 0.1) is 19.8 Å². The summed E-state index contributed by atoms with van der Waals surface area (Å²) in [5.74, 6) is 2.00. The van der Waals surface area contributed by atoms with Gasteiger partial charge in [0.25, 0.3) is 0 Å². The van der Waals surface area contributed by atoms with Crippen LogP contribution in [0.1, 0.15) is 29.3 Å². The lowest BCUT2D eigenvalue weighted by Gasteiger charge is -2.08. The highest BCUT2D eigenvalue weighted by molar-refractivity contribution is 6.07. The quantitative estimate of drug-likeness (QED) is 0.612. The molecular weight excluding hydrogens is 304 g/mol. The maximum absolute atomic E-state index is 12.4. The van der Waals surface area contributed by atoms with E-state index in [9.17, 15) is 4.79 Å². The fourth-order valence-electron chi connectivity index (χ4n) is 2.48. The lowest BCUT2D eigenvalue weighted by atomic mass is 10.1. The van der Waals surface area contributed by atoms with E-state index in [1.165, 1.54) is 0 Å². The van der Waals surface area contributed by atoms with Gasteiger partial charge in [-0.2, -0.15) is 0 Å². The van der Waals surface area contributed by atoms with Crippen LogP contribution in [-0.2, 0) is 0 Å². The van der Waals surface area contributed by atoms with Gasteiger partial charge >= 0.3 is 0 Å². The van der Waals surface area contributed by atoms with Crippen molar-refractivity contribution in [1.82, 2.24) is 0 Å². The maximum atomic E-state index is 12.4. The number of hydrogen-bond donors (Lipinski definition) is 0. The molecule has 1 heterocycles. The molecule has 4 nitrogen and oxygen atoms in total. The third-order valence-electron chi connectivity index (χ3n) is 3.67. The molecular formula is C20H20O4. The number of rotatable bonds is 5. The summed E-state index contributed by atoms with van der Waals surface area (Å²) >= 11 is 0. The minimum absolute atomic E-state index is 0.0862. The van der Waals surface area contributed by atoms with E-state index in [-0.39, 0.29) is 5.78 Å². The Balaban J connectivity index is 1.79. The molecule has 0 unspecified atom stereocenters. The molecule has 0 saturated carbocycles. The van der Waals surface area contributed by atoms with Crippen LogP contribution in [0.25, 0.3) is 6.08 Å². The van der Waals surface area contributed by atoms with Gasteiger partial charge in [-0.25, -0.2) is 0 Å². The predicted octanol–water partition coefficient (Wildman–Crippen LogP) is 4.14. The van der Waals surface area contributed by atoms with Gasteiger partial charge in [0.15, 0.2) is 17.3 Å². The smallest absolute Gasteiger partial charge is 0.185 e. The van der Waals surface area contributed by atoms with Crippen LogP contribution in [-0.4, -0.2) is 25.6 Å². The van der Waals surface area contributed by atoms with Crippen LogP contribution in [0.3, 0.4) is 0 Å². The average Bonchev–Trinajstić information content (AvgIpc) is 2.85. The number of ketones is 1. The van der Waals surface area contributed by atoms with Crippen molar-refractivity contribution in [3.63, 3.8) is 0 Å². The fourth-order valence-corrected chi connectivity index (χ4v) is 2.48. The Kier molecular flexibility index (Phi) is 5.16. The molecule has 0 spiro atoms. The van der Waals surface area contributed by atoms with Crippen LogP contribution >= 0.6 is 0 Å². The number of benzene rings is 2. The van der Waals surface area contributed by atoms with Crippen molar-refractivity contribution >= 4 is 11.9 Å². The van der Waals surface area contributed by atoms with Crippen LogP contribution in [0.2, 0.25) is 0 Å². The maximum Gasteiger partial charge on any atom is 0.185 e. The van der Waals surface area contributed by atoms with Gasteiger partial charge in [-0.3, -0.25) is 4.79 Å². The van der Waals surface area contributed by atoms with E-state index in [1.807, 2.05) is 31.2 Å². The van der Waals surface area contributed by atoms with Crippen LogP contribution < -0.4 is 14.2 Å². The molecule has 0 aliphatic carbocycles. The lowest BCUT2D eigenvalue weighted by Crippen LogP contribution is -1.98. The highest BCUT2D eigenvalue weighted by Gasteiger charge is 2.13. The van der Waals surface area contributed by atoms with Gasteiger partial charge in [-0.15, -0.1) is 0 Å². The summed E-state index contributed by atoms with van der Waals surface area (Å²) in [5, 5.41) is 0. The van der Waals surface area contributed by atoms with E-state index in [0.717, 1.165) is 17.7 Å². The molecule has 124 valence electrons. The number of allylic oxidation sites excluding steroid dienone is 1. The van der Waals surface area contributed by atoms with E-state index < -0.39 is 0 Å². The van der Waals surface area contributed by atoms with Crippen molar-refractivity contribution in [2.24, 2.45) is 0 Å². The summed E-state index contributed by atoms with van der Waals surface area (Å²) in [4.78, 5) is 12.4. The second kappa shape index (κ2) is 7.68. The fraction of sp³-hybridized carbons (Fsp3) is 0.250. The molecule has 0 bridgehead atoms. The number of hydrogen-bond acceptors (Lipinski definition) is 4. The van der Waals surface area contributed by atoms with E-state index in [2.05, 4.69) is 0 Å². The zero-order valence-corrected chi connectivity index (χ0v) is 13.7. The first-order valence-electron chi connectivity index (χ1n) is 8.12. The molecule has 2 aromatic carbocycles. The molecule has 0 radical (unpaired) electrons. The van der Waals surface area contributed by atoms with Crippen LogP contribution in [0.15, 0.2) is 48.5 Å². The number of carbonyl (C=O) groups excluding carboxylic acids is 1. The summed E-state index contributed by atoms with van der Waals surface area (Å²) in [6.07, 6.45) is 4.17. The van der Waals surface area contributed by atoms with Gasteiger partial charge < -0.3 is 14.2 Å². The monoisotopic (exact) mass is 324 g/mol. The van der Waals surface area contributed by atoms with E-state index in [1.54, 1.807) is 30.4 Å².